The van der Waals surface area contributed by atoms with Crippen LogP contribution in [0.25, 0.3) is 11.4 Å². The Hall–Kier alpha value is -1.62. The molecule has 0 unspecified atom stereocenters. The van der Waals surface area contributed by atoms with E-state index in [1.807, 2.05) is 30.7 Å². The minimum absolute atomic E-state index is 0.858. The number of pyridine rings is 1. The summed E-state index contributed by atoms with van der Waals surface area (Å²) in [4.78, 5) is 3.99. The Morgan fingerprint density at radius 3 is 2.71 bits per heavy atom. The quantitative estimate of drug-likeness (QED) is 0.614. The molecule has 0 saturated heterocycles. The summed E-state index contributed by atoms with van der Waals surface area (Å²) in [5.74, 6) is 1.72. The normalized spacial score (nSPS) is 10.5. The molecule has 4 nitrogen and oxygen atoms in total. The lowest BCUT2D eigenvalue weighted by atomic mass is 10.2. The first-order chi connectivity index (χ1) is 8.18. The molecule has 2 aromatic rings. The minimum atomic E-state index is 0.858. The number of thioether (sulfide) groups is 1. The molecule has 2 rings (SSSR count). The van der Waals surface area contributed by atoms with Crippen LogP contribution in [0.5, 0.6) is 0 Å². The number of aromatic nitrogens is 4. The second-order valence-electron chi connectivity index (χ2n) is 3.85. The standard InChI is InChI=1S/C12H14N4S/c1-9(2)8-17-12-15-14-11(16(12)3)10-4-6-13-7-5-10/h4-7H,1,8H2,2-3H3. The summed E-state index contributed by atoms with van der Waals surface area (Å²) < 4.78 is 1.99. The first kappa shape index (κ1) is 11.9. The van der Waals surface area contributed by atoms with Gasteiger partial charge in [-0.2, -0.15) is 0 Å². The molecule has 0 amide bonds. The average molecular weight is 246 g/mol. The molecule has 5 heteroatoms. The van der Waals surface area contributed by atoms with Gasteiger partial charge in [-0.05, 0) is 19.1 Å². The molecule has 0 aromatic carbocycles. The van der Waals surface area contributed by atoms with Crippen LogP contribution >= 0.6 is 11.8 Å². The molecular weight excluding hydrogens is 232 g/mol. The highest BCUT2D eigenvalue weighted by Crippen LogP contribution is 2.22. The van der Waals surface area contributed by atoms with Crippen LogP contribution < -0.4 is 0 Å². The summed E-state index contributed by atoms with van der Waals surface area (Å²) in [5, 5.41) is 9.28. The maximum Gasteiger partial charge on any atom is 0.191 e. The Morgan fingerprint density at radius 2 is 2.06 bits per heavy atom. The van der Waals surface area contributed by atoms with Gasteiger partial charge in [0.15, 0.2) is 11.0 Å². The number of hydrogen-bond donors (Lipinski definition) is 0. The SMILES string of the molecule is C=C(C)CSc1nnc(-c2ccncc2)n1C. The molecule has 0 atom stereocenters. The Labute approximate surface area is 105 Å². The molecule has 0 aliphatic heterocycles. The molecule has 0 aliphatic carbocycles. The number of rotatable bonds is 4. The third-order valence-corrected chi connectivity index (χ3v) is 3.47. The van der Waals surface area contributed by atoms with Crippen LogP contribution in [0.2, 0.25) is 0 Å². The first-order valence-electron chi connectivity index (χ1n) is 5.25. The highest BCUT2D eigenvalue weighted by Gasteiger charge is 2.10. The van der Waals surface area contributed by atoms with Crippen LogP contribution in [0.4, 0.5) is 0 Å². The van der Waals surface area contributed by atoms with Gasteiger partial charge < -0.3 is 4.57 Å². The van der Waals surface area contributed by atoms with Crippen LogP contribution in [0.1, 0.15) is 6.92 Å². The molecule has 2 heterocycles. The fourth-order valence-corrected chi connectivity index (χ4v) is 2.13. The summed E-state index contributed by atoms with van der Waals surface area (Å²) in [6.07, 6.45) is 3.51. The number of nitrogens with zero attached hydrogens (tertiary/aromatic N) is 4. The van der Waals surface area contributed by atoms with Gasteiger partial charge in [-0.3, -0.25) is 4.98 Å². The van der Waals surface area contributed by atoms with Crippen LogP contribution in [0.3, 0.4) is 0 Å². The Morgan fingerprint density at radius 1 is 1.35 bits per heavy atom. The molecule has 17 heavy (non-hydrogen) atoms. The second kappa shape index (κ2) is 5.14. The van der Waals surface area contributed by atoms with Crippen molar-refractivity contribution in [2.45, 2.75) is 12.1 Å². The van der Waals surface area contributed by atoms with Crippen molar-refractivity contribution in [1.29, 1.82) is 0 Å². The van der Waals surface area contributed by atoms with Gasteiger partial charge in [0.1, 0.15) is 0 Å². The largest absolute Gasteiger partial charge is 0.305 e. The Bertz CT molecular complexity index is 519. The summed E-state index contributed by atoms with van der Waals surface area (Å²) in [6.45, 7) is 5.89. The molecule has 0 radical (unpaired) electrons. The third-order valence-electron chi connectivity index (χ3n) is 2.22. The lowest BCUT2D eigenvalue weighted by Crippen LogP contribution is -1.95. The molecule has 0 spiro atoms. The lowest BCUT2D eigenvalue weighted by molar-refractivity contribution is 0.794. The zero-order valence-corrected chi connectivity index (χ0v) is 10.7. The monoisotopic (exact) mass is 246 g/mol. The van der Waals surface area contributed by atoms with Crippen LogP contribution in [-0.2, 0) is 7.05 Å². The van der Waals surface area contributed by atoms with E-state index in [4.69, 9.17) is 0 Å². The Balaban J connectivity index is 2.24. The van der Waals surface area contributed by atoms with Crippen LogP contribution in [0.15, 0.2) is 41.8 Å². The smallest absolute Gasteiger partial charge is 0.191 e. The highest BCUT2D eigenvalue weighted by molar-refractivity contribution is 7.99. The van der Waals surface area contributed by atoms with Gasteiger partial charge in [0.25, 0.3) is 0 Å². The van der Waals surface area contributed by atoms with E-state index in [-0.39, 0.29) is 0 Å². The van der Waals surface area contributed by atoms with Gasteiger partial charge in [0, 0.05) is 30.8 Å². The predicted molar refractivity (Wildman–Crippen MR) is 69.8 cm³/mol. The van der Waals surface area contributed by atoms with Crippen molar-refractivity contribution in [3.8, 4) is 11.4 Å². The average Bonchev–Trinajstić information content (AvgIpc) is 2.69. The van der Waals surface area contributed by atoms with Crippen LogP contribution in [-0.4, -0.2) is 25.5 Å². The molecule has 0 fully saturated rings. The van der Waals surface area contributed by atoms with Crippen molar-refractivity contribution < 1.29 is 0 Å². The lowest BCUT2D eigenvalue weighted by Gasteiger charge is -2.03. The van der Waals surface area contributed by atoms with Crippen molar-refractivity contribution in [3.63, 3.8) is 0 Å². The summed E-state index contributed by atoms with van der Waals surface area (Å²) >= 11 is 1.64. The van der Waals surface area contributed by atoms with Crippen molar-refractivity contribution in [3.05, 3.63) is 36.7 Å². The van der Waals surface area contributed by atoms with Crippen molar-refractivity contribution >= 4 is 11.8 Å². The van der Waals surface area contributed by atoms with Crippen molar-refractivity contribution in [1.82, 2.24) is 19.7 Å². The number of hydrogen-bond acceptors (Lipinski definition) is 4. The summed E-state index contributed by atoms with van der Waals surface area (Å²) in [7, 11) is 1.97. The maximum atomic E-state index is 4.20. The van der Waals surface area contributed by atoms with Crippen molar-refractivity contribution in [2.24, 2.45) is 7.05 Å². The first-order valence-corrected chi connectivity index (χ1v) is 6.24. The van der Waals surface area contributed by atoms with E-state index in [1.54, 1.807) is 24.2 Å². The van der Waals surface area contributed by atoms with Gasteiger partial charge in [-0.25, -0.2) is 0 Å². The van der Waals surface area contributed by atoms with Gasteiger partial charge in [0.05, 0.1) is 0 Å². The highest BCUT2D eigenvalue weighted by atomic mass is 32.2. The van der Waals surface area contributed by atoms with Crippen molar-refractivity contribution in [2.75, 3.05) is 5.75 Å². The van der Waals surface area contributed by atoms with Crippen LogP contribution in [0, 0.1) is 0 Å². The van der Waals surface area contributed by atoms with E-state index in [0.29, 0.717) is 0 Å². The third kappa shape index (κ3) is 2.74. The summed E-state index contributed by atoms with van der Waals surface area (Å²) in [6, 6.07) is 3.86. The predicted octanol–water partition coefficient (Wildman–Crippen LogP) is 2.55. The maximum absolute atomic E-state index is 4.20. The van der Waals surface area contributed by atoms with E-state index in [2.05, 4.69) is 21.8 Å². The van der Waals surface area contributed by atoms with E-state index in [9.17, 15) is 0 Å². The molecule has 2 aromatic heterocycles. The molecule has 0 aliphatic rings. The molecule has 0 saturated carbocycles. The zero-order valence-electron chi connectivity index (χ0n) is 9.92. The zero-order chi connectivity index (χ0) is 12.3. The van der Waals surface area contributed by atoms with Gasteiger partial charge in [0.2, 0.25) is 0 Å². The minimum Gasteiger partial charge on any atom is -0.305 e. The molecule has 88 valence electrons. The van der Waals surface area contributed by atoms with Gasteiger partial charge >= 0.3 is 0 Å². The second-order valence-corrected chi connectivity index (χ2v) is 4.79. The van der Waals surface area contributed by atoms with E-state index in [0.717, 1.165) is 27.9 Å². The van der Waals surface area contributed by atoms with Gasteiger partial charge in [-0.1, -0.05) is 23.9 Å². The van der Waals surface area contributed by atoms with E-state index >= 15 is 0 Å². The fraction of sp³-hybridized carbons (Fsp3) is 0.250. The topological polar surface area (TPSA) is 43.6 Å². The molecule has 0 bridgehead atoms. The molecular formula is C12H14N4S. The fourth-order valence-electron chi connectivity index (χ4n) is 1.38. The van der Waals surface area contributed by atoms with Gasteiger partial charge in [-0.15, -0.1) is 10.2 Å². The van der Waals surface area contributed by atoms with E-state index in [1.165, 1.54) is 0 Å². The molecule has 0 N–H and O–H groups in total. The van der Waals surface area contributed by atoms with E-state index < -0.39 is 0 Å². The summed E-state index contributed by atoms with van der Waals surface area (Å²) in [5.41, 5.74) is 2.15. The Kier molecular flexibility index (Phi) is 3.58.